The Kier molecular flexibility index (Phi) is 11.1. The summed E-state index contributed by atoms with van der Waals surface area (Å²) in [5, 5.41) is 12.6. The predicted molar refractivity (Wildman–Crippen MR) is 105 cm³/mol. The number of aliphatic hydroxyl groups is 1. The highest BCUT2D eigenvalue weighted by molar-refractivity contribution is 8.06. The van der Waals surface area contributed by atoms with Gasteiger partial charge >= 0.3 is 6.72 Å². The summed E-state index contributed by atoms with van der Waals surface area (Å²) in [5.41, 5.74) is 0. The van der Waals surface area contributed by atoms with Gasteiger partial charge in [-0.15, -0.1) is 12.3 Å². The number of hydrogen-bond donors (Lipinski definition) is 4. The van der Waals surface area contributed by atoms with E-state index in [0.717, 1.165) is 12.8 Å². The summed E-state index contributed by atoms with van der Waals surface area (Å²) in [4.78, 5) is 43.7. The van der Waals surface area contributed by atoms with Crippen LogP contribution in [0.4, 0.5) is 0 Å². The largest absolute Gasteiger partial charge is 0.391 e. The average Bonchev–Trinajstić information content (AvgIpc) is 2.96. The molecule has 0 radical (unpaired) electrons. The first-order valence-corrected chi connectivity index (χ1v) is 11.7. The monoisotopic (exact) mass is 420 g/mol. The van der Waals surface area contributed by atoms with E-state index in [0.29, 0.717) is 45.1 Å². The van der Waals surface area contributed by atoms with Crippen LogP contribution < -0.4 is 5.32 Å². The van der Waals surface area contributed by atoms with Crippen molar-refractivity contribution in [3.05, 3.63) is 0 Å². The van der Waals surface area contributed by atoms with Crippen LogP contribution in [0.25, 0.3) is 0 Å². The molecule has 4 N–H and O–H groups in total. The topological polar surface area (TPSA) is 119 Å². The minimum atomic E-state index is -3.78. The van der Waals surface area contributed by atoms with Gasteiger partial charge in [0.1, 0.15) is 0 Å². The standard InChI is InChI=1S/C17H29N2O6PS/c1-2-3-5-8-16(21)18-10-7-4-6-9-17(22)19-12-15(20)11-14(19)13-25-26(23,24)27/h1,14-15,20H,3-13H2,(H,18,21)(H2,23,24,27)/t14-,15+/m0/s1. The Hall–Kier alpha value is -1.01. The van der Waals surface area contributed by atoms with Crippen molar-refractivity contribution in [2.24, 2.45) is 0 Å². The molecule has 154 valence electrons. The van der Waals surface area contributed by atoms with Gasteiger partial charge in [-0.25, -0.2) is 0 Å². The number of amides is 2. The number of carbonyl (C=O) groups excluding carboxylic acids is 2. The molecule has 1 fully saturated rings. The van der Waals surface area contributed by atoms with Crippen molar-refractivity contribution in [1.29, 1.82) is 0 Å². The number of nitrogens with zero attached hydrogens (tertiary/aromatic N) is 1. The fourth-order valence-corrected chi connectivity index (χ4v) is 3.48. The lowest BCUT2D eigenvalue weighted by molar-refractivity contribution is -0.133. The van der Waals surface area contributed by atoms with E-state index in [-0.39, 0.29) is 25.0 Å². The van der Waals surface area contributed by atoms with Gasteiger partial charge in [0.15, 0.2) is 0 Å². The molecule has 1 heterocycles. The third-order valence-electron chi connectivity index (χ3n) is 4.26. The van der Waals surface area contributed by atoms with Crippen LogP contribution >= 0.6 is 6.72 Å². The molecule has 1 saturated heterocycles. The highest BCUT2D eigenvalue weighted by Gasteiger charge is 2.34. The number of hydrogen-bond acceptors (Lipinski definition) is 5. The molecule has 1 rings (SSSR count). The highest BCUT2D eigenvalue weighted by atomic mass is 32.5. The summed E-state index contributed by atoms with van der Waals surface area (Å²) >= 11 is 4.41. The maximum Gasteiger partial charge on any atom is 0.321 e. The van der Waals surface area contributed by atoms with Gasteiger partial charge in [0.05, 0.1) is 18.8 Å². The number of carbonyl (C=O) groups is 2. The van der Waals surface area contributed by atoms with Gasteiger partial charge in [0.2, 0.25) is 11.8 Å². The van der Waals surface area contributed by atoms with Crippen molar-refractivity contribution < 1.29 is 29.0 Å². The van der Waals surface area contributed by atoms with Crippen molar-refractivity contribution in [3.8, 4) is 12.3 Å². The maximum atomic E-state index is 12.3. The minimum Gasteiger partial charge on any atom is -0.391 e. The van der Waals surface area contributed by atoms with Gasteiger partial charge in [0, 0.05) is 32.4 Å². The molecule has 0 aromatic heterocycles. The number of aliphatic hydroxyl groups excluding tert-OH is 1. The smallest absolute Gasteiger partial charge is 0.321 e. The van der Waals surface area contributed by atoms with Crippen LogP contribution in [-0.2, 0) is 25.9 Å². The van der Waals surface area contributed by atoms with Gasteiger partial charge in [-0.2, -0.15) is 0 Å². The fourth-order valence-electron chi connectivity index (χ4n) is 2.93. The van der Waals surface area contributed by atoms with Crippen LogP contribution in [0, 0.1) is 12.3 Å². The van der Waals surface area contributed by atoms with Crippen LogP contribution in [0.15, 0.2) is 0 Å². The van der Waals surface area contributed by atoms with Crippen molar-refractivity contribution in [2.45, 2.75) is 63.5 Å². The van der Waals surface area contributed by atoms with Gasteiger partial charge in [0.25, 0.3) is 0 Å². The second-order valence-electron chi connectivity index (χ2n) is 6.59. The van der Waals surface area contributed by atoms with E-state index in [9.17, 15) is 14.7 Å². The molecule has 0 bridgehead atoms. The lowest BCUT2D eigenvalue weighted by atomic mass is 10.1. The van der Waals surface area contributed by atoms with Crippen molar-refractivity contribution in [3.63, 3.8) is 0 Å². The normalized spacial score (nSPS) is 19.7. The van der Waals surface area contributed by atoms with Crippen LogP contribution in [0.5, 0.6) is 0 Å². The Morgan fingerprint density at radius 3 is 2.67 bits per heavy atom. The molecule has 0 spiro atoms. The van der Waals surface area contributed by atoms with E-state index in [1.807, 2.05) is 0 Å². The summed E-state index contributed by atoms with van der Waals surface area (Å²) < 4.78 is 4.84. The van der Waals surface area contributed by atoms with Gasteiger partial charge in [-0.3, -0.25) is 9.59 Å². The molecule has 0 saturated carbocycles. The summed E-state index contributed by atoms with van der Waals surface area (Å²) in [6.07, 6.45) is 9.09. The predicted octanol–water partition coefficient (Wildman–Crippen LogP) is 0.654. The van der Waals surface area contributed by atoms with Crippen LogP contribution in [0.3, 0.4) is 0 Å². The third-order valence-corrected chi connectivity index (χ3v) is 5.06. The first kappa shape index (κ1) is 24.0. The Morgan fingerprint density at radius 2 is 2.00 bits per heavy atom. The molecular formula is C17H29N2O6PS. The van der Waals surface area contributed by atoms with Crippen LogP contribution in [0.2, 0.25) is 0 Å². The van der Waals surface area contributed by atoms with E-state index in [2.05, 4.69) is 23.0 Å². The van der Waals surface area contributed by atoms with Crippen molar-refractivity contribution in [1.82, 2.24) is 10.2 Å². The maximum absolute atomic E-state index is 12.3. The van der Waals surface area contributed by atoms with Gasteiger partial charge in [-0.05, 0) is 37.5 Å². The lowest BCUT2D eigenvalue weighted by Gasteiger charge is -2.25. The molecule has 0 unspecified atom stereocenters. The second-order valence-corrected chi connectivity index (χ2v) is 9.26. The Morgan fingerprint density at radius 1 is 1.26 bits per heavy atom. The zero-order chi connectivity index (χ0) is 20.3. The molecule has 0 aromatic rings. The van der Waals surface area contributed by atoms with E-state index in [4.69, 9.17) is 20.7 Å². The molecule has 27 heavy (non-hydrogen) atoms. The van der Waals surface area contributed by atoms with Crippen LogP contribution in [0.1, 0.15) is 51.4 Å². The second kappa shape index (κ2) is 12.4. The molecule has 2 amide bonds. The minimum absolute atomic E-state index is 0.0105. The van der Waals surface area contributed by atoms with Gasteiger partial charge < -0.3 is 29.6 Å². The molecule has 10 heteroatoms. The molecule has 8 nitrogen and oxygen atoms in total. The summed E-state index contributed by atoms with van der Waals surface area (Å²) in [6.45, 7) is -3.10. The Bertz CT molecular complexity index is 576. The summed E-state index contributed by atoms with van der Waals surface area (Å²) in [7, 11) is 0. The van der Waals surface area contributed by atoms with Gasteiger partial charge in [-0.1, -0.05) is 6.42 Å². The molecule has 1 aliphatic heterocycles. The first-order valence-electron chi connectivity index (χ1n) is 9.10. The third kappa shape index (κ3) is 10.8. The number of unbranched alkanes of at least 4 members (excludes halogenated alkanes) is 3. The summed E-state index contributed by atoms with van der Waals surface area (Å²) in [6, 6.07) is -0.406. The fraction of sp³-hybridized carbons (Fsp3) is 0.765. The Labute approximate surface area is 165 Å². The molecule has 0 aliphatic carbocycles. The average molecular weight is 420 g/mol. The molecule has 0 aromatic carbocycles. The number of terminal acetylenes is 1. The SMILES string of the molecule is C#CCCCC(=O)NCCCCCC(=O)N1C[C@H](O)C[C@H]1COP(O)(O)=S. The van der Waals surface area contributed by atoms with E-state index in [1.54, 1.807) is 0 Å². The van der Waals surface area contributed by atoms with E-state index < -0.39 is 18.9 Å². The molecular weight excluding hydrogens is 391 g/mol. The molecule has 2 atom stereocenters. The number of nitrogens with one attached hydrogen (secondary N) is 1. The number of likely N-dealkylation sites (tertiary alicyclic amines) is 1. The lowest BCUT2D eigenvalue weighted by Crippen LogP contribution is -2.38. The zero-order valence-electron chi connectivity index (χ0n) is 15.4. The summed E-state index contributed by atoms with van der Waals surface area (Å²) in [5.74, 6) is 2.37. The molecule has 1 aliphatic rings. The number of rotatable bonds is 12. The number of β-amino-alcohol motifs (C(OH)–C–C–N with tert-alkyl or cyclic N) is 1. The Balaban J connectivity index is 2.20. The zero-order valence-corrected chi connectivity index (χ0v) is 17.1. The highest BCUT2D eigenvalue weighted by Crippen LogP contribution is 2.37. The van der Waals surface area contributed by atoms with E-state index >= 15 is 0 Å². The van der Waals surface area contributed by atoms with E-state index in [1.165, 1.54) is 4.90 Å². The van der Waals surface area contributed by atoms with Crippen LogP contribution in [-0.4, -0.2) is 63.4 Å². The quantitative estimate of drug-likeness (QED) is 0.208. The first-order chi connectivity index (χ1) is 12.7. The van der Waals surface area contributed by atoms with Crippen molar-refractivity contribution >= 4 is 30.3 Å². The van der Waals surface area contributed by atoms with Crippen molar-refractivity contribution in [2.75, 3.05) is 19.7 Å².